The topological polar surface area (TPSA) is 64.8 Å². The number of nitrogens with zero attached hydrogens (tertiary/aromatic N) is 2. The number of amides is 1. The summed E-state index contributed by atoms with van der Waals surface area (Å²) in [5.41, 5.74) is 4.90. The summed E-state index contributed by atoms with van der Waals surface area (Å²) in [5, 5.41) is 5.06. The number of hydrazone groups is 1. The molecule has 1 N–H and O–H groups in total. The van der Waals surface area contributed by atoms with Crippen LogP contribution in [0.2, 0.25) is 0 Å². The number of aromatic nitrogens is 1. The number of fused-ring (bicyclic) bond motifs is 1. The lowest BCUT2D eigenvalue weighted by atomic mass is 10.2. The molecule has 134 valence electrons. The third-order valence-corrected chi connectivity index (χ3v) is 4.05. The normalized spacial score (nSPS) is 11.0. The minimum Gasteiger partial charge on any atom is -0.493 e. The first kappa shape index (κ1) is 17.5. The molecule has 0 saturated carbocycles. The molecule has 6 heteroatoms. The van der Waals surface area contributed by atoms with E-state index in [0.717, 1.165) is 16.5 Å². The standard InChI is InChI=1S/C20H21N3O3/c1-4-26-18-10-9-14(11-19(18)25-3)13-21-22-20(24)17-12-15-7-5-6-8-16(15)23(17)2/h5-13H,4H2,1-3H3,(H,22,24)/b21-13+. The van der Waals surface area contributed by atoms with Crippen LogP contribution in [0.5, 0.6) is 11.5 Å². The van der Waals surface area contributed by atoms with E-state index in [9.17, 15) is 4.79 Å². The predicted octanol–water partition coefficient (Wildman–Crippen LogP) is 3.35. The summed E-state index contributed by atoms with van der Waals surface area (Å²) in [6.07, 6.45) is 1.57. The number of nitrogens with one attached hydrogen (secondary N) is 1. The van der Waals surface area contributed by atoms with E-state index in [-0.39, 0.29) is 5.91 Å². The van der Waals surface area contributed by atoms with Crippen LogP contribution in [0.1, 0.15) is 23.0 Å². The number of hydrogen-bond acceptors (Lipinski definition) is 4. The van der Waals surface area contributed by atoms with E-state index in [2.05, 4.69) is 10.5 Å². The number of para-hydroxylation sites is 1. The van der Waals surface area contributed by atoms with E-state index in [0.29, 0.717) is 23.8 Å². The smallest absolute Gasteiger partial charge is 0.287 e. The molecule has 2 aromatic carbocycles. The lowest BCUT2D eigenvalue weighted by Crippen LogP contribution is -2.20. The van der Waals surface area contributed by atoms with Crippen LogP contribution in [-0.2, 0) is 7.05 Å². The highest BCUT2D eigenvalue weighted by Gasteiger charge is 2.12. The molecule has 0 bridgehead atoms. The van der Waals surface area contributed by atoms with Gasteiger partial charge in [0.25, 0.3) is 5.91 Å². The molecule has 26 heavy (non-hydrogen) atoms. The lowest BCUT2D eigenvalue weighted by Gasteiger charge is -2.09. The Labute approximate surface area is 152 Å². The van der Waals surface area contributed by atoms with Gasteiger partial charge in [0.05, 0.1) is 19.9 Å². The molecule has 0 radical (unpaired) electrons. The number of carbonyl (C=O) groups is 1. The molecule has 1 amide bonds. The van der Waals surface area contributed by atoms with Crippen molar-refractivity contribution >= 4 is 23.0 Å². The van der Waals surface area contributed by atoms with Crippen LogP contribution >= 0.6 is 0 Å². The number of rotatable bonds is 6. The maximum absolute atomic E-state index is 12.4. The fourth-order valence-electron chi connectivity index (χ4n) is 2.77. The van der Waals surface area contributed by atoms with Crippen molar-refractivity contribution in [2.24, 2.45) is 12.1 Å². The summed E-state index contributed by atoms with van der Waals surface area (Å²) >= 11 is 0. The Hall–Kier alpha value is -3.28. The minimum absolute atomic E-state index is 0.266. The second-order valence-electron chi connectivity index (χ2n) is 5.69. The van der Waals surface area contributed by atoms with E-state index in [1.807, 2.05) is 61.0 Å². The second kappa shape index (κ2) is 7.74. The van der Waals surface area contributed by atoms with Crippen molar-refractivity contribution in [3.05, 3.63) is 59.8 Å². The van der Waals surface area contributed by atoms with Gasteiger partial charge in [-0.3, -0.25) is 4.79 Å². The average molecular weight is 351 g/mol. The highest BCUT2D eigenvalue weighted by Crippen LogP contribution is 2.27. The molecule has 0 aliphatic rings. The van der Waals surface area contributed by atoms with E-state index in [1.165, 1.54) is 0 Å². The molecule has 0 atom stereocenters. The van der Waals surface area contributed by atoms with Gasteiger partial charge in [-0.05, 0) is 42.8 Å². The van der Waals surface area contributed by atoms with Crippen LogP contribution in [0.3, 0.4) is 0 Å². The monoisotopic (exact) mass is 351 g/mol. The first-order valence-corrected chi connectivity index (χ1v) is 8.32. The number of carbonyl (C=O) groups excluding carboxylic acids is 1. The van der Waals surface area contributed by atoms with Crippen LogP contribution in [0.25, 0.3) is 10.9 Å². The molecule has 0 aliphatic carbocycles. The van der Waals surface area contributed by atoms with E-state index >= 15 is 0 Å². The van der Waals surface area contributed by atoms with Gasteiger partial charge in [0.2, 0.25) is 0 Å². The van der Waals surface area contributed by atoms with Crippen molar-refractivity contribution in [2.45, 2.75) is 6.92 Å². The number of ether oxygens (including phenoxy) is 2. The minimum atomic E-state index is -0.266. The Balaban J connectivity index is 1.73. The summed E-state index contributed by atoms with van der Waals surface area (Å²) in [4.78, 5) is 12.4. The van der Waals surface area contributed by atoms with Crippen molar-refractivity contribution < 1.29 is 14.3 Å². The van der Waals surface area contributed by atoms with Gasteiger partial charge in [-0.15, -0.1) is 0 Å². The summed E-state index contributed by atoms with van der Waals surface area (Å²) in [6.45, 7) is 2.47. The lowest BCUT2D eigenvalue weighted by molar-refractivity contribution is 0.0947. The quantitative estimate of drug-likeness (QED) is 0.547. The van der Waals surface area contributed by atoms with E-state index in [1.54, 1.807) is 19.4 Å². The number of aryl methyl sites for hydroxylation is 1. The highest BCUT2D eigenvalue weighted by molar-refractivity contribution is 5.99. The third-order valence-electron chi connectivity index (χ3n) is 4.05. The first-order valence-electron chi connectivity index (χ1n) is 8.32. The fourth-order valence-corrected chi connectivity index (χ4v) is 2.77. The fraction of sp³-hybridized carbons (Fsp3) is 0.200. The highest BCUT2D eigenvalue weighted by atomic mass is 16.5. The molecular formula is C20H21N3O3. The van der Waals surface area contributed by atoms with Crippen molar-refractivity contribution in [3.63, 3.8) is 0 Å². The molecular weight excluding hydrogens is 330 g/mol. The average Bonchev–Trinajstić information content (AvgIpc) is 3.00. The van der Waals surface area contributed by atoms with Gasteiger partial charge in [0.15, 0.2) is 11.5 Å². The molecule has 1 heterocycles. The molecule has 3 aromatic rings. The van der Waals surface area contributed by atoms with Gasteiger partial charge in [-0.2, -0.15) is 5.10 Å². The molecule has 0 fully saturated rings. The first-order chi connectivity index (χ1) is 12.6. The van der Waals surface area contributed by atoms with Crippen LogP contribution in [0.15, 0.2) is 53.6 Å². The molecule has 3 rings (SSSR count). The molecule has 1 aromatic heterocycles. The van der Waals surface area contributed by atoms with Gasteiger partial charge in [-0.1, -0.05) is 18.2 Å². The zero-order chi connectivity index (χ0) is 18.5. The molecule has 0 spiro atoms. The zero-order valence-corrected chi connectivity index (χ0v) is 15.0. The van der Waals surface area contributed by atoms with Gasteiger partial charge >= 0.3 is 0 Å². The van der Waals surface area contributed by atoms with Gasteiger partial charge in [0.1, 0.15) is 5.69 Å². The zero-order valence-electron chi connectivity index (χ0n) is 15.0. The molecule has 0 unspecified atom stereocenters. The Kier molecular flexibility index (Phi) is 5.22. The van der Waals surface area contributed by atoms with Crippen LogP contribution in [0.4, 0.5) is 0 Å². The summed E-state index contributed by atoms with van der Waals surface area (Å²) in [7, 11) is 3.44. The SMILES string of the molecule is CCOc1ccc(/C=N/NC(=O)c2cc3ccccc3n2C)cc1OC. The Morgan fingerprint density at radius 1 is 1.19 bits per heavy atom. The van der Waals surface area contributed by atoms with E-state index in [4.69, 9.17) is 9.47 Å². The maximum atomic E-state index is 12.4. The Bertz CT molecular complexity index is 960. The summed E-state index contributed by atoms with van der Waals surface area (Å²) in [5.74, 6) is 1.03. The second-order valence-corrected chi connectivity index (χ2v) is 5.69. The number of benzene rings is 2. The van der Waals surface area contributed by atoms with Crippen LogP contribution in [-0.4, -0.2) is 30.4 Å². The van der Waals surface area contributed by atoms with Crippen molar-refractivity contribution in [1.29, 1.82) is 0 Å². The van der Waals surface area contributed by atoms with Crippen LogP contribution < -0.4 is 14.9 Å². The van der Waals surface area contributed by atoms with Gasteiger partial charge in [0, 0.05) is 18.0 Å². The number of hydrogen-bond donors (Lipinski definition) is 1. The predicted molar refractivity (Wildman–Crippen MR) is 102 cm³/mol. The number of methoxy groups -OCH3 is 1. The van der Waals surface area contributed by atoms with Crippen LogP contribution in [0, 0.1) is 0 Å². The van der Waals surface area contributed by atoms with Gasteiger partial charge < -0.3 is 14.0 Å². The molecule has 0 aliphatic heterocycles. The molecule has 6 nitrogen and oxygen atoms in total. The summed E-state index contributed by atoms with van der Waals surface area (Å²) in [6, 6.07) is 15.2. The molecule has 0 saturated heterocycles. The summed E-state index contributed by atoms with van der Waals surface area (Å²) < 4.78 is 12.6. The third kappa shape index (κ3) is 3.54. The van der Waals surface area contributed by atoms with Crippen molar-refractivity contribution in [2.75, 3.05) is 13.7 Å². The van der Waals surface area contributed by atoms with Gasteiger partial charge in [-0.25, -0.2) is 5.43 Å². The van der Waals surface area contributed by atoms with Crippen molar-refractivity contribution in [1.82, 2.24) is 9.99 Å². The largest absolute Gasteiger partial charge is 0.493 e. The van der Waals surface area contributed by atoms with E-state index < -0.39 is 0 Å². The Morgan fingerprint density at radius 3 is 2.73 bits per heavy atom. The Morgan fingerprint density at radius 2 is 2.00 bits per heavy atom. The van der Waals surface area contributed by atoms with Crippen molar-refractivity contribution in [3.8, 4) is 11.5 Å². The maximum Gasteiger partial charge on any atom is 0.287 e.